The molecule has 0 bridgehead atoms. The van der Waals surface area contributed by atoms with Crippen molar-refractivity contribution in [2.24, 2.45) is 0 Å². The van der Waals surface area contributed by atoms with Gasteiger partial charge in [0.1, 0.15) is 5.39 Å². The normalized spacial score (nSPS) is 14.4. The fraction of sp³-hybridized carbons (Fsp3) is 0.192. The molecule has 9 nitrogen and oxygen atoms in total. The highest BCUT2D eigenvalue weighted by Crippen LogP contribution is 2.26. The predicted molar refractivity (Wildman–Crippen MR) is 142 cm³/mol. The Labute approximate surface area is 209 Å². The Kier molecular flexibility index (Phi) is 4.83. The van der Waals surface area contributed by atoms with Crippen LogP contribution in [0.15, 0.2) is 65.0 Å². The van der Waals surface area contributed by atoms with Gasteiger partial charge in [-0.25, -0.2) is 19.6 Å². The first-order valence-corrected chi connectivity index (χ1v) is 12.7. The van der Waals surface area contributed by atoms with Gasteiger partial charge in [-0.05, 0) is 55.3 Å². The Bertz CT molecular complexity index is 1820. The van der Waals surface area contributed by atoms with Crippen LogP contribution in [0, 0.1) is 0 Å². The Morgan fingerprint density at radius 3 is 2.69 bits per heavy atom. The molecular weight excluding hydrogens is 472 g/mol. The van der Waals surface area contributed by atoms with E-state index in [1.54, 1.807) is 16.9 Å². The van der Waals surface area contributed by atoms with Crippen molar-refractivity contribution in [3.05, 3.63) is 81.7 Å². The standard InChI is InChI=1S/C26H22N8OS/c1-32-11-8-16-6-7-18(14-17(16)9-12-32)29-25-28-15-20-22(31-25)30-23-19-4-2-3-5-21(19)33(34(23)24(20)35)26-27-10-13-36-26/h2-7,10,13-15H,8-9,11-12H2,1H3,(H,28,29,31). The maximum Gasteiger partial charge on any atom is 0.284 e. The molecule has 0 spiro atoms. The molecule has 6 aromatic rings. The van der Waals surface area contributed by atoms with Gasteiger partial charge in [-0.2, -0.15) is 9.50 Å². The Balaban J connectivity index is 1.35. The van der Waals surface area contributed by atoms with E-state index in [-0.39, 0.29) is 5.56 Å². The van der Waals surface area contributed by atoms with Crippen molar-refractivity contribution < 1.29 is 0 Å². The van der Waals surface area contributed by atoms with Crippen molar-refractivity contribution in [3.63, 3.8) is 0 Å². The summed E-state index contributed by atoms with van der Waals surface area (Å²) < 4.78 is 3.37. The number of anilines is 2. The predicted octanol–water partition coefficient (Wildman–Crippen LogP) is 3.81. The quantitative estimate of drug-likeness (QED) is 0.400. The van der Waals surface area contributed by atoms with Crippen LogP contribution in [-0.4, -0.2) is 54.2 Å². The van der Waals surface area contributed by atoms with Gasteiger partial charge in [-0.15, -0.1) is 11.3 Å². The average Bonchev–Trinajstić information content (AvgIpc) is 3.48. The molecule has 178 valence electrons. The van der Waals surface area contributed by atoms with Crippen LogP contribution in [0.2, 0.25) is 0 Å². The van der Waals surface area contributed by atoms with Crippen LogP contribution in [0.1, 0.15) is 11.1 Å². The molecule has 0 amide bonds. The van der Waals surface area contributed by atoms with Gasteiger partial charge >= 0.3 is 0 Å². The molecule has 1 aliphatic heterocycles. The molecule has 1 aliphatic rings. The molecule has 0 saturated carbocycles. The zero-order valence-electron chi connectivity index (χ0n) is 19.5. The molecule has 1 N–H and O–H groups in total. The van der Waals surface area contributed by atoms with Crippen LogP contribution in [0.3, 0.4) is 0 Å². The first-order valence-electron chi connectivity index (χ1n) is 11.8. The smallest absolute Gasteiger partial charge is 0.284 e. The highest BCUT2D eigenvalue weighted by molar-refractivity contribution is 7.12. The highest BCUT2D eigenvalue weighted by Gasteiger charge is 2.19. The summed E-state index contributed by atoms with van der Waals surface area (Å²) in [6.07, 6.45) is 5.34. The van der Waals surface area contributed by atoms with E-state index >= 15 is 0 Å². The van der Waals surface area contributed by atoms with Crippen LogP contribution >= 0.6 is 11.3 Å². The van der Waals surface area contributed by atoms with Crippen molar-refractivity contribution in [1.82, 2.24) is 34.0 Å². The number of nitrogens with one attached hydrogen (secondary N) is 1. The summed E-state index contributed by atoms with van der Waals surface area (Å²) in [5.41, 5.74) is 5.18. The number of thiazole rings is 1. The molecule has 0 radical (unpaired) electrons. The van der Waals surface area contributed by atoms with Gasteiger partial charge < -0.3 is 10.2 Å². The maximum absolute atomic E-state index is 13.6. The van der Waals surface area contributed by atoms with Gasteiger partial charge in [0.15, 0.2) is 11.3 Å². The van der Waals surface area contributed by atoms with Crippen molar-refractivity contribution in [1.29, 1.82) is 0 Å². The summed E-state index contributed by atoms with van der Waals surface area (Å²) in [6, 6.07) is 14.2. The largest absolute Gasteiger partial charge is 0.324 e. The van der Waals surface area contributed by atoms with Crippen LogP contribution < -0.4 is 10.9 Å². The van der Waals surface area contributed by atoms with E-state index < -0.39 is 0 Å². The van der Waals surface area contributed by atoms with Crippen molar-refractivity contribution in [2.75, 3.05) is 25.5 Å². The number of fused-ring (bicyclic) bond motifs is 5. The summed E-state index contributed by atoms with van der Waals surface area (Å²) in [7, 11) is 2.16. The zero-order chi connectivity index (χ0) is 24.2. The monoisotopic (exact) mass is 494 g/mol. The van der Waals surface area contributed by atoms with Gasteiger partial charge in [0, 0.05) is 41.9 Å². The zero-order valence-corrected chi connectivity index (χ0v) is 20.4. The molecule has 36 heavy (non-hydrogen) atoms. The van der Waals surface area contributed by atoms with Crippen molar-refractivity contribution in [3.8, 4) is 5.13 Å². The Morgan fingerprint density at radius 2 is 1.83 bits per heavy atom. The Morgan fingerprint density at radius 1 is 0.972 bits per heavy atom. The number of hydrogen-bond donors (Lipinski definition) is 1. The van der Waals surface area contributed by atoms with Crippen molar-refractivity contribution in [2.45, 2.75) is 12.8 Å². The summed E-state index contributed by atoms with van der Waals surface area (Å²) >= 11 is 1.46. The SMILES string of the molecule is CN1CCc2ccc(Nc3ncc4c(=O)n5c(nc4n3)c3ccccc3n5-c3nccs3)cc2CC1. The number of para-hydroxylation sites is 1. The molecule has 5 heterocycles. The van der Waals surface area contributed by atoms with E-state index in [9.17, 15) is 4.79 Å². The number of rotatable bonds is 3. The maximum atomic E-state index is 13.6. The van der Waals surface area contributed by atoms with Gasteiger partial charge in [-0.1, -0.05) is 18.2 Å². The lowest BCUT2D eigenvalue weighted by Crippen LogP contribution is -2.21. The minimum Gasteiger partial charge on any atom is -0.324 e. The van der Waals surface area contributed by atoms with Crippen molar-refractivity contribution >= 4 is 50.6 Å². The second kappa shape index (κ2) is 8.21. The van der Waals surface area contributed by atoms with E-state index in [1.165, 1.54) is 22.5 Å². The molecule has 10 heteroatoms. The van der Waals surface area contributed by atoms with Crippen LogP contribution in [0.4, 0.5) is 11.6 Å². The highest BCUT2D eigenvalue weighted by atomic mass is 32.1. The molecular formula is C26H22N8OS. The van der Waals surface area contributed by atoms with Gasteiger partial charge in [0.2, 0.25) is 11.1 Å². The molecule has 7 rings (SSSR count). The summed E-state index contributed by atoms with van der Waals surface area (Å²) in [6.45, 7) is 2.11. The third kappa shape index (κ3) is 3.37. The second-order valence-electron chi connectivity index (χ2n) is 9.04. The summed E-state index contributed by atoms with van der Waals surface area (Å²) in [5.74, 6) is 0.410. The van der Waals surface area contributed by atoms with Gasteiger partial charge in [0.25, 0.3) is 5.56 Å². The summed E-state index contributed by atoms with van der Waals surface area (Å²) in [4.78, 5) is 34.3. The minimum atomic E-state index is -0.234. The van der Waals surface area contributed by atoms with Crippen LogP contribution in [0.5, 0.6) is 0 Å². The first-order chi connectivity index (χ1) is 17.7. The second-order valence-corrected chi connectivity index (χ2v) is 9.91. The average molecular weight is 495 g/mol. The first kappa shape index (κ1) is 21.2. The van der Waals surface area contributed by atoms with Crippen LogP contribution in [-0.2, 0) is 12.8 Å². The third-order valence-corrected chi connectivity index (χ3v) is 7.51. The van der Waals surface area contributed by atoms with E-state index in [1.807, 2.05) is 34.3 Å². The molecule has 0 atom stereocenters. The Hall–Kier alpha value is -4.15. The molecule has 2 aromatic carbocycles. The third-order valence-electron chi connectivity index (χ3n) is 6.77. The number of hydrogen-bond acceptors (Lipinski definition) is 8. The fourth-order valence-corrected chi connectivity index (χ4v) is 5.54. The van der Waals surface area contributed by atoms with Crippen LogP contribution in [0.25, 0.3) is 32.7 Å². The van der Waals surface area contributed by atoms with E-state index in [2.05, 4.69) is 50.4 Å². The molecule has 0 saturated heterocycles. The van der Waals surface area contributed by atoms with Gasteiger partial charge in [0.05, 0.1) is 5.52 Å². The lowest BCUT2D eigenvalue weighted by atomic mass is 10.0. The number of nitrogens with zero attached hydrogens (tertiary/aromatic N) is 7. The lowest BCUT2D eigenvalue weighted by Gasteiger charge is -2.11. The fourth-order valence-electron chi connectivity index (χ4n) is 4.90. The molecule has 0 fully saturated rings. The van der Waals surface area contributed by atoms with Gasteiger partial charge in [-0.3, -0.25) is 4.79 Å². The molecule has 0 unspecified atom stereocenters. The molecule has 0 aliphatic carbocycles. The van der Waals surface area contributed by atoms with E-state index in [4.69, 9.17) is 4.98 Å². The number of aromatic nitrogens is 6. The number of likely N-dealkylation sites (N-methyl/N-ethyl adjacent to an activating group) is 1. The van der Waals surface area contributed by atoms with E-state index in [0.29, 0.717) is 27.8 Å². The minimum absolute atomic E-state index is 0.234. The lowest BCUT2D eigenvalue weighted by molar-refractivity contribution is 0.352. The molecule has 4 aromatic heterocycles. The van der Waals surface area contributed by atoms with E-state index in [0.717, 1.165) is 42.5 Å². The topological polar surface area (TPSA) is 93.2 Å². The summed E-state index contributed by atoms with van der Waals surface area (Å²) in [5, 5.41) is 7.10. The number of benzene rings is 2.